The molecule has 4 rings (SSSR count). The van der Waals surface area contributed by atoms with E-state index in [0.29, 0.717) is 28.0 Å². The largest absolute Gasteiger partial charge is 0.506 e. The Balaban J connectivity index is 1.64. The summed E-state index contributed by atoms with van der Waals surface area (Å²) in [6.07, 6.45) is 3.42. The lowest BCUT2D eigenvalue weighted by atomic mass is 9.85. The Hall–Kier alpha value is -3.12. The second-order valence-electron chi connectivity index (χ2n) is 8.42. The van der Waals surface area contributed by atoms with Gasteiger partial charge in [0.1, 0.15) is 11.3 Å². The van der Waals surface area contributed by atoms with Crippen LogP contribution < -0.4 is 10.9 Å². The van der Waals surface area contributed by atoms with Crippen molar-refractivity contribution < 1.29 is 9.90 Å². The van der Waals surface area contributed by atoms with Gasteiger partial charge in [-0.05, 0) is 56.4 Å². The molecule has 7 heteroatoms. The van der Waals surface area contributed by atoms with E-state index in [2.05, 4.69) is 5.32 Å². The quantitative estimate of drug-likeness (QED) is 0.481. The maximum Gasteiger partial charge on any atom is 0.264 e. The molecule has 2 atom stereocenters. The number of carbonyl (C=O) groups is 1. The molecule has 1 aliphatic carbocycles. The molecule has 0 saturated heterocycles. The number of rotatable bonds is 5. The van der Waals surface area contributed by atoms with Gasteiger partial charge in [0.25, 0.3) is 11.5 Å². The number of amides is 1. The average molecular weight is 452 g/mol. The predicted octanol–water partition coefficient (Wildman–Crippen LogP) is 4.91. The molecule has 0 aliphatic heterocycles. The van der Waals surface area contributed by atoms with Crippen LogP contribution in [-0.4, -0.2) is 27.8 Å². The van der Waals surface area contributed by atoms with Gasteiger partial charge >= 0.3 is 0 Å². The molecule has 1 amide bonds. The maximum absolute atomic E-state index is 13.4. The fourth-order valence-corrected chi connectivity index (χ4v) is 4.97. The maximum atomic E-state index is 13.4. The van der Waals surface area contributed by atoms with Gasteiger partial charge < -0.3 is 20.4 Å². The van der Waals surface area contributed by atoms with Gasteiger partial charge in [-0.15, -0.1) is 0 Å². The molecular weight excluding hydrogens is 426 g/mol. The highest BCUT2D eigenvalue weighted by Gasteiger charge is 2.28. The molecule has 1 heterocycles. The van der Waals surface area contributed by atoms with Crippen LogP contribution in [0.3, 0.4) is 0 Å². The first-order valence-corrected chi connectivity index (χ1v) is 11.2. The molecule has 2 aromatic carbocycles. The van der Waals surface area contributed by atoms with Gasteiger partial charge in [0.15, 0.2) is 0 Å². The van der Waals surface area contributed by atoms with E-state index in [1.807, 2.05) is 18.2 Å². The molecule has 1 fully saturated rings. The van der Waals surface area contributed by atoms with Crippen LogP contribution in [0, 0.1) is 11.3 Å². The number of hydrogen-bond acceptors (Lipinski definition) is 4. The number of fused-ring (bicyclic) bond motifs is 1. The molecule has 32 heavy (non-hydrogen) atoms. The molecule has 1 saturated carbocycles. The Morgan fingerprint density at radius 3 is 2.66 bits per heavy atom. The molecular formula is C25H26ClN3O3. The zero-order valence-electron chi connectivity index (χ0n) is 17.9. The summed E-state index contributed by atoms with van der Waals surface area (Å²) in [5.74, 6) is -0.115. The third-order valence-electron chi connectivity index (χ3n) is 6.24. The Kier molecular flexibility index (Phi) is 6.33. The summed E-state index contributed by atoms with van der Waals surface area (Å²) in [6, 6.07) is 14.2. The smallest absolute Gasteiger partial charge is 0.264 e. The van der Waals surface area contributed by atoms with Crippen LogP contribution >= 0.6 is 11.6 Å². The van der Waals surface area contributed by atoms with Crippen molar-refractivity contribution in [3.8, 4) is 5.75 Å². The third-order valence-corrected chi connectivity index (χ3v) is 6.55. The number of hydrogen-bond donors (Lipinski definition) is 3. The lowest BCUT2D eigenvalue weighted by Gasteiger charge is -2.32. The van der Waals surface area contributed by atoms with Gasteiger partial charge in [-0.3, -0.25) is 9.59 Å². The molecule has 6 nitrogen and oxygen atoms in total. The molecule has 3 aromatic rings. The summed E-state index contributed by atoms with van der Waals surface area (Å²) < 4.78 is 1.69. The van der Waals surface area contributed by atoms with Crippen molar-refractivity contribution >= 4 is 34.1 Å². The van der Waals surface area contributed by atoms with Gasteiger partial charge in [-0.2, -0.15) is 0 Å². The van der Waals surface area contributed by atoms with Gasteiger partial charge in [0.05, 0.1) is 15.9 Å². The number of pyridine rings is 1. The van der Waals surface area contributed by atoms with Crippen molar-refractivity contribution in [3.63, 3.8) is 0 Å². The predicted molar refractivity (Wildman–Crippen MR) is 127 cm³/mol. The van der Waals surface area contributed by atoms with E-state index in [1.54, 1.807) is 34.9 Å². The summed E-state index contributed by atoms with van der Waals surface area (Å²) in [4.78, 5) is 25.8. The highest BCUT2D eigenvalue weighted by atomic mass is 35.5. The lowest BCUT2D eigenvalue weighted by molar-refractivity contribution is 0.0940. The minimum atomic E-state index is -0.372. The van der Waals surface area contributed by atoms with Crippen molar-refractivity contribution in [2.24, 2.45) is 5.92 Å². The van der Waals surface area contributed by atoms with Crippen LogP contribution in [-0.2, 0) is 0 Å². The molecule has 1 aliphatic rings. The van der Waals surface area contributed by atoms with E-state index in [-0.39, 0.29) is 40.5 Å². The highest BCUT2D eigenvalue weighted by Crippen LogP contribution is 2.38. The van der Waals surface area contributed by atoms with Crippen LogP contribution in [0.25, 0.3) is 10.9 Å². The fourth-order valence-electron chi connectivity index (χ4n) is 4.72. The Labute approximate surface area is 191 Å². The second-order valence-corrected chi connectivity index (χ2v) is 8.83. The topological polar surface area (TPSA) is 95.2 Å². The number of benzene rings is 2. The zero-order valence-corrected chi connectivity index (χ0v) is 18.7. The SMILES string of the molecule is CC(=N)c1c(O)c2c(Cl)cccc2n(C2CCCC(CNC(=O)c3ccccc3)C2)c1=O. The summed E-state index contributed by atoms with van der Waals surface area (Å²) in [5, 5.41) is 22.5. The van der Waals surface area contributed by atoms with Crippen LogP contribution in [0.1, 0.15) is 54.6 Å². The number of halogens is 1. The van der Waals surface area contributed by atoms with Crippen LogP contribution in [0.2, 0.25) is 5.02 Å². The van der Waals surface area contributed by atoms with Crippen LogP contribution in [0.4, 0.5) is 0 Å². The van der Waals surface area contributed by atoms with E-state index in [1.165, 1.54) is 6.92 Å². The van der Waals surface area contributed by atoms with Crippen molar-refractivity contribution in [3.05, 3.63) is 75.0 Å². The Bertz CT molecular complexity index is 1240. The van der Waals surface area contributed by atoms with Crippen LogP contribution in [0.15, 0.2) is 53.3 Å². The Morgan fingerprint density at radius 1 is 1.19 bits per heavy atom. The lowest BCUT2D eigenvalue weighted by Crippen LogP contribution is -2.36. The second kappa shape index (κ2) is 9.17. The Morgan fingerprint density at radius 2 is 1.94 bits per heavy atom. The summed E-state index contributed by atoms with van der Waals surface area (Å²) in [7, 11) is 0. The van der Waals surface area contributed by atoms with Crippen molar-refractivity contribution in [2.75, 3.05) is 6.54 Å². The number of aromatic hydroxyl groups is 1. The van der Waals surface area contributed by atoms with Crippen molar-refractivity contribution in [2.45, 2.75) is 38.6 Å². The monoisotopic (exact) mass is 451 g/mol. The number of nitrogens with one attached hydrogen (secondary N) is 2. The van der Waals surface area contributed by atoms with Gasteiger partial charge in [-0.1, -0.05) is 42.3 Å². The first-order valence-electron chi connectivity index (χ1n) is 10.8. The zero-order chi connectivity index (χ0) is 22.8. The van der Waals surface area contributed by atoms with E-state index >= 15 is 0 Å². The standard InChI is InChI=1S/C25H26ClN3O3/c1-15(27)21-23(30)22-19(26)11-6-12-20(22)29(25(21)32)18-10-5-7-16(13-18)14-28-24(31)17-8-3-2-4-9-17/h2-4,6,8-9,11-12,16,18,27,30H,5,7,10,13-14H2,1H3,(H,28,31). The van der Waals surface area contributed by atoms with E-state index in [4.69, 9.17) is 17.0 Å². The minimum Gasteiger partial charge on any atom is -0.506 e. The van der Waals surface area contributed by atoms with Crippen molar-refractivity contribution in [1.82, 2.24) is 9.88 Å². The van der Waals surface area contributed by atoms with Gasteiger partial charge in [-0.25, -0.2) is 0 Å². The van der Waals surface area contributed by atoms with E-state index in [0.717, 1.165) is 25.7 Å². The third kappa shape index (κ3) is 4.15. The van der Waals surface area contributed by atoms with Crippen molar-refractivity contribution in [1.29, 1.82) is 5.41 Å². The fraction of sp³-hybridized carbons (Fsp3) is 0.320. The normalized spacial score (nSPS) is 18.4. The first-order chi connectivity index (χ1) is 15.4. The molecule has 1 aromatic heterocycles. The summed E-state index contributed by atoms with van der Waals surface area (Å²) >= 11 is 6.38. The average Bonchev–Trinajstić information content (AvgIpc) is 2.78. The number of nitrogens with zero attached hydrogens (tertiary/aromatic N) is 1. The molecule has 0 radical (unpaired) electrons. The summed E-state index contributed by atoms with van der Waals surface area (Å²) in [5.41, 5.74) is 0.824. The van der Waals surface area contributed by atoms with E-state index in [9.17, 15) is 14.7 Å². The molecule has 2 unspecified atom stereocenters. The minimum absolute atomic E-state index is 0.00514. The number of carbonyl (C=O) groups excluding carboxylic acids is 1. The molecule has 3 N–H and O–H groups in total. The van der Waals surface area contributed by atoms with Crippen LogP contribution in [0.5, 0.6) is 5.75 Å². The highest BCUT2D eigenvalue weighted by molar-refractivity contribution is 6.36. The summed E-state index contributed by atoms with van der Waals surface area (Å²) in [6.45, 7) is 2.03. The van der Waals surface area contributed by atoms with Gasteiger partial charge in [0.2, 0.25) is 0 Å². The first kappa shape index (κ1) is 22.1. The van der Waals surface area contributed by atoms with Gasteiger partial charge in [0, 0.05) is 23.9 Å². The molecule has 0 spiro atoms. The molecule has 0 bridgehead atoms. The molecule has 166 valence electrons. The number of aromatic nitrogens is 1. The van der Waals surface area contributed by atoms with E-state index < -0.39 is 0 Å².